The Morgan fingerprint density at radius 2 is 1.84 bits per heavy atom. The van der Waals surface area contributed by atoms with Crippen molar-refractivity contribution < 1.29 is 13.2 Å². The van der Waals surface area contributed by atoms with Crippen molar-refractivity contribution in [3.05, 3.63) is 29.8 Å². The van der Waals surface area contributed by atoms with Crippen molar-refractivity contribution in [2.24, 2.45) is 0 Å². The van der Waals surface area contributed by atoms with Gasteiger partial charge in [0.25, 0.3) is 0 Å². The van der Waals surface area contributed by atoms with Gasteiger partial charge < -0.3 is 5.32 Å². The van der Waals surface area contributed by atoms with E-state index in [0.29, 0.717) is 5.69 Å². The first kappa shape index (κ1) is 15.7. The van der Waals surface area contributed by atoms with Gasteiger partial charge in [0.2, 0.25) is 5.91 Å². The Bertz CT molecular complexity index is 506. The number of carbonyl (C=O) groups is 1. The second kappa shape index (κ2) is 7.28. The Morgan fingerprint density at radius 1 is 1.21 bits per heavy atom. The number of hydrogen-bond acceptors (Lipinski definition) is 3. The van der Waals surface area contributed by atoms with Crippen molar-refractivity contribution in [3.8, 4) is 0 Å². The van der Waals surface area contributed by atoms with Gasteiger partial charge in [0.15, 0.2) is 0 Å². The summed E-state index contributed by atoms with van der Waals surface area (Å²) in [5.41, 5.74) is 1.95. The molecule has 0 heterocycles. The van der Waals surface area contributed by atoms with Crippen LogP contribution in [0.25, 0.3) is 0 Å². The van der Waals surface area contributed by atoms with Gasteiger partial charge in [0.05, 0.1) is 5.75 Å². The summed E-state index contributed by atoms with van der Waals surface area (Å²) in [7, 11) is -3.09. The molecule has 0 fully saturated rings. The van der Waals surface area contributed by atoms with Gasteiger partial charge in [-0.3, -0.25) is 4.79 Å². The first-order chi connectivity index (χ1) is 8.90. The topological polar surface area (TPSA) is 63.2 Å². The van der Waals surface area contributed by atoms with Crippen LogP contribution in [0.5, 0.6) is 0 Å². The molecule has 0 aliphatic heterocycles. The summed E-state index contributed by atoms with van der Waals surface area (Å²) in [4.78, 5) is 11.5. The summed E-state index contributed by atoms with van der Waals surface area (Å²) in [5.74, 6) is -0.389. The van der Waals surface area contributed by atoms with Crippen molar-refractivity contribution >= 4 is 21.4 Å². The Hall–Kier alpha value is -1.36. The van der Waals surface area contributed by atoms with Gasteiger partial charge >= 0.3 is 0 Å². The van der Waals surface area contributed by atoms with E-state index in [0.717, 1.165) is 25.5 Å². The minimum absolute atomic E-state index is 0.00355. The quantitative estimate of drug-likeness (QED) is 0.835. The molecule has 0 saturated heterocycles. The fourth-order valence-corrected chi connectivity index (χ4v) is 2.19. The van der Waals surface area contributed by atoms with Crippen molar-refractivity contribution in [1.29, 1.82) is 0 Å². The van der Waals surface area contributed by atoms with Gasteiger partial charge in [-0.15, -0.1) is 0 Å². The Kier molecular flexibility index (Phi) is 6.02. The zero-order valence-corrected chi connectivity index (χ0v) is 12.3. The van der Waals surface area contributed by atoms with Crippen molar-refractivity contribution in [3.63, 3.8) is 0 Å². The number of hydrogen-bond donors (Lipinski definition) is 1. The maximum absolute atomic E-state index is 11.5. The number of rotatable bonds is 7. The normalized spacial score (nSPS) is 11.3. The van der Waals surface area contributed by atoms with Crippen molar-refractivity contribution in [1.82, 2.24) is 0 Å². The molecule has 1 rings (SSSR count). The largest absolute Gasteiger partial charge is 0.326 e. The predicted molar refractivity (Wildman–Crippen MR) is 78.0 cm³/mol. The fourth-order valence-electron chi connectivity index (χ4n) is 1.64. The Morgan fingerprint density at radius 3 is 2.37 bits per heavy atom. The number of unbranched alkanes of at least 4 members (excludes halogenated alkanes) is 1. The van der Waals surface area contributed by atoms with E-state index in [4.69, 9.17) is 0 Å². The van der Waals surface area contributed by atoms with Gasteiger partial charge in [-0.25, -0.2) is 8.42 Å². The molecule has 1 amide bonds. The van der Waals surface area contributed by atoms with Crippen LogP contribution in [0.2, 0.25) is 0 Å². The number of anilines is 1. The zero-order chi connectivity index (χ0) is 14.3. The van der Waals surface area contributed by atoms with Crippen LogP contribution in [0, 0.1) is 0 Å². The zero-order valence-electron chi connectivity index (χ0n) is 11.5. The highest BCUT2D eigenvalue weighted by Gasteiger charge is 2.08. The van der Waals surface area contributed by atoms with Gasteiger partial charge in [0.1, 0.15) is 9.84 Å². The molecule has 0 spiro atoms. The summed E-state index contributed by atoms with van der Waals surface area (Å²) >= 11 is 0. The summed E-state index contributed by atoms with van der Waals surface area (Å²) < 4.78 is 21.9. The van der Waals surface area contributed by atoms with Gasteiger partial charge in [0, 0.05) is 18.4 Å². The first-order valence-corrected chi connectivity index (χ1v) is 8.53. The molecular formula is C14H21NO3S. The molecule has 0 radical (unpaired) electrons. The third-order valence-corrected chi connectivity index (χ3v) is 3.70. The lowest BCUT2D eigenvalue weighted by Gasteiger charge is -2.06. The molecule has 5 heteroatoms. The minimum atomic E-state index is -3.09. The molecule has 0 unspecified atom stereocenters. The van der Waals surface area contributed by atoms with E-state index in [9.17, 15) is 13.2 Å². The van der Waals surface area contributed by atoms with Crippen LogP contribution in [-0.4, -0.2) is 26.3 Å². The fraction of sp³-hybridized carbons (Fsp3) is 0.500. The van der Waals surface area contributed by atoms with Crippen LogP contribution in [0.3, 0.4) is 0 Å². The molecule has 0 aliphatic carbocycles. The average molecular weight is 283 g/mol. The molecule has 0 saturated carbocycles. The summed E-state index contributed by atoms with van der Waals surface area (Å²) in [6, 6.07) is 7.68. The van der Waals surface area contributed by atoms with Crippen LogP contribution >= 0.6 is 0 Å². The summed E-state index contributed by atoms with van der Waals surface area (Å²) in [6.07, 6.45) is 4.47. The number of aryl methyl sites for hydroxylation is 1. The number of benzene rings is 1. The average Bonchev–Trinajstić information content (AvgIpc) is 2.35. The van der Waals surface area contributed by atoms with Crippen molar-refractivity contribution in [2.45, 2.75) is 32.6 Å². The monoisotopic (exact) mass is 283 g/mol. The molecule has 1 N–H and O–H groups in total. The standard InChI is InChI=1S/C14H21NO3S/c1-3-4-5-12-6-8-13(9-7-12)15-14(16)10-11-19(2,17)18/h6-9H,3-5,10-11H2,1-2H3,(H,15,16). The maximum atomic E-state index is 11.5. The molecule has 4 nitrogen and oxygen atoms in total. The van der Waals surface area contributed by atoms with E-state index in [-0.39, 0.29) is 18.1 Å². The summed E-state index contributed by atoms with van der Waals surface area (Å²) in [5, 5.41) is 2.69. The molecule has 0 atom stereocenters. The number of nitrogens with one attached hydrogen (secondary N) is 1. The molecule has 0 aliphatic rings. The lowest BCUT2D eigenvalue weighted by atomic mass is 10.1. The highest BCUT2D eigenvalue weighted by Crippen LogP contribution is 2.12. The Balaban J connectivity index is 2.46. The minimum Gasteiger partial charge on any atom is -0.326 e. The molecule has 0 aromatic heterocycles. The molecule has 0 bridgehead atoms. The molecule has 1 aromatic rings. The van der Waals surface area contributed by atoms with Gasteiger partial charge in [-0.1, -0.05) is 25.5 Å². The van der Waals surface area contributed by atoms with E-state index >= 15 is 0 Å². The van der Waals surface area contributed by atoms with Crippen molar-refractivity contribution in [2.75, 3.05) is 17.3 Å². The highest BCUT2D eigenvalue weighted by atomic mass is 32.2. The lowest BCUT2D eigenvalue weighted by Crippen LogP contribution is -2.16. The molecular weight excluding hydrogens is 262 g/mol. The number of sulfone groups is 1. The van der Waals surface area contributed by atoms with E-state index in [1.54, 1.807) is 0 Å². The van der Waals surface area contributed by atoms with E-state index in [2.05, 4.69) is 12.2 Å². The van der Waals surface area contributed by atoms with Crippen LogP contribution < -0.4 is 5.32 Å². The van der Waals surface area contributed by atoms with Crippen LogP contribution in [0.15, 0.2) is 24.3 Å². The second-order valence-corrected chi connectivity index (χ2v) is 6.99. The van der Waals surface area contributed by atoms with Crippen LogP contribution in [-0.2, 0) is 21.1 Å². The first-order valence-electron chi connectivity index (χ1n) is 6.47. The third kappa shape index (κ3) is 6.96. The smallest absolute Gasteiger partial charge is 0.225 e. The maximum Gasteiger partial charge on any atom is 0.225 e. The van der Waals surface area contributed by atoms with Crippen LogP contribution in [0.4, 0.5) is 5.69 Å². The van der Waals surface area contributed by atoms with Crippen LogP contribution in [0.1, 0.15) is 31.7 Å². The van der Waals surface area contributed by atoms with E-state index in [1.807, 2.05) is 24.3 Å². The number of amides is 1. The highest BCUT2D eigenvalue weighted by molar-refractivity contribution is 7.90. The number of carbonyl (C=O) groups excluding carboxylic acids is 1. The van der Waals surface area contributed by atoms with E-state index < -0.39 is 9.84 Å². The van der Waals surface area contributed by atoms with Gasteiger partial charge in [-0.2, -0.15) is 0 Å². The SMILES string of the molecule is CCCCc1ccc(NC(=O)CCS(C)(=O)=O)cc1. The van der Waals surface area contributed by atoms with E-state index in [1.165, 1.54) is 5.56 Å². The molecule has 19 heavy (non-hydrogen) atoms. The Labute approximate surface area is 115 Å². The van der Waals surface area contributed by atoms with Gasteiger partial charge in [-0.05, 0) is 30.5 Å². The second-order valence-electron chi connectivity index (χ2n) is 4.73. The molecule has 1 aromatic carbocycles. The predicted octanol–water partition coefficient (Wildman–Crippen LogP) is 2.40. The molecule has 106 valence electrons. The lowest BCUT2D eigenvalue weighted by molar-refractivity contribution is -0.115. The summed E-state index contributed by atoms with van der Waals surface area (Å²) in [6.45, 7) is 2.15. The third-order valence-electron chi connectivity index (χ3n) is 2.76.